The largest absolute Gasteiger partial charge is 0.396 e. The summed E-state index contributed by atoms with van der Waals surface area (Å²) in [6.07, 6.45) is 1.17. The predicted molar refractivity (Wildman–Crippen MR) is 102 cm³/mol. The maximum atomic E-state index is 12.4. The average Bonchev–Trinajstić information content (AvgIpc) is 3.27. The van der Waals surface area contributed by atoms with Crippen LogP contribution < -0.4 is 11.1 Å². The van der Waals surface area contributed by atoms with Crippen molar-refractivity contribution in [2.45, 2.75) is 25.8 Å². The molecule has 2 aromatic heterocycles. The molecule has 144 valence electrons. The van der Waals surface area contributed by atoms with Crippen molar-refractivity contribution in [3.8, 4) is 0 Å². The van der Waals surface area contributed by atoms with E-state index in [1.54, 1.807) is 24.1 Å². The molecule has 0 saturated carbocycles. The Bertz CT molecular complexity index is 1060. The summed E-state index contributed by atoms with van der Waals surface area (Å²) in [5, 5.41) is 10.3. The van der Waals surface area contributed by atoms with Crippen LogP contribution in [0.25, 0.3) is 11.2 Å². The highest BCUT2D eigenvalue weighted by Gasteiger charge is 2.30. The highest BCUT2D eigenvalue weighted by atomic mass is 16.6. The summed E-state index contributed by atoms with van der Waals surface area (Å²) < 4.78 is 4.70. The van der Waals surface area contributed by atoms with Crippen LogP contribution in [0.4, 0.5) is 5.69 Å². The van der Waals surface area contributed by atoms with Crippen molar-refractivity contribution in [3.05, 3.63) is 46.6 Å². The fourth-order valence-corrected chi connectivity index (χ4v) is 3.39. The SMILES string of the molecule is Cc1nc2nonc2c(N)c1Cc1ccc(C(=O)NC2CCN(C)C2=O)cc1. The van der Waals surface area contributed by atoms with Crippen LogP contribution in [0, 0.1) is 6.92 Å². The molecule has 3 aromatic rings. The first-order chi connectivity index (χ1) is 13.4. The van der Waals surface area contributed by atoms with E-state index in [2.05, 4.69) is 20.6 Å². The topological polar surface area (TPSA) is 127 Å². The number of nitrogen functional groups attached to an aromatic ring is 1. The molecule has 1 atom stereocenters. The van der Waals surface area contributed by atoms with Crippen LogP contribution in [0.15, 0.2) is 28.9 Å². The van der Waals surface area contributed by atoms with Crippen LogP contribution in [-0.4, -0.2) is 51.6 Å². The maximum Gasteiger partial charge on any atom is 0.251 e. The van der Waals surface area contributed by atoms with Gasteiger partial charge in [-0.3, -0.25) is 9.59 Å². The minimum Gasteiger partial charge on any atom is -0.396 e. The predicted octanol–water partition coefficient (Wildman–Crippen LogP) is 1.06. The van der Waals surface area contributed by atoms with E-state index in [1.165, 1.54) is 0 Å². The minimum atomic E-state index is -0.450. The van der Waals surface area contributed by atoms with Crippen molar-refractivity contribution in [1.82, 2.24) is 25.5 Å². The number of nitrogens with one attached hydrogen (secondary N) is 1. The summed E-state index contributed by atoms with van der Waals surface area (Å²) in [4.78, 5) is 30.3. The summed E-state index contributed by atoms with van der Waals surface area (Å²) in [6.45, 7) is 2.51. The number of amides is 2. The van der Waals surface area contributed by atoms with Gasteiger partial charge >= 0.3 is 0 Å². The van der Waals surface area contributed by atoms with Crippen molar-refractivity contribution >= 4 is 28.7 Å². The number of nitrogens with two attached hydrogens (primary N) is 1. The van der Waals surface area contributed by atoms with E-state index < -0.39 is 6.04 Å². The summed E-state index contributed by atoms with van der Waals surface area (Å²) in [6, 6.07) is 6.75. The molecule has 4 rings (SSSR count). The van der Waals surface area contributed by atoms with Gasteiger partial charge < -0.3 is 16.0 Å². The third-order valence-electron chi connectivity index (χ3n) is 5.09. The van der Waals surface area contributed by atoms with Crippen LogP contribution in [0.5, 0.6) is 0 Å². The number of aromatic nitrogens is 3. The quantitative estimate of drug-likeness (QED) is 0.693. The molecule has 0 aliphatic carbocycles. The lowest BCUT2D eigenvalue weighted by Crippen LogP contribution is -2.40. The molecule has 9 heteroatoms. The number of benzene rings is 1. The van der Waals surface area contributed by atoms with Gasteiger partial charge in [-0.1, -0.05) is 12.1 Å². The van der Waals surface area contributed by atoms with Crippen LogP contribution >= 0.6 is 0 Å². The number of nitrogens with zero attached hydrogens (tertiary/aromatic N) is 4. The Morgan fingerprint density at radius 3 is 2.75 bits per heavy atom. The Kier molecular flexibility index (Phi) is 4.42. The first kappa shape index (κ1) is 17.9. The van der Waals surface area contributed by atoms with E-state index in [1.807, 2.05) is 19.1 Å². The summed E-state index contributed by atoms with van der Waals surface area (Å²) in [5.41, 5.74) is 10.6. The highest BCUT2D eigenvalue weighted by Crippen LogP contribution is 2.25. The normalized spacial score (nSPS) is 16.7. The van der Waals surface area contributed by atoms with Gasteiger partial charge in [0.25, 0.3) is 5.91 Å². The highest BCUT2D eigenvalue weighted by molar-refractivity contribution is 5.98. The fourth-order valence-electron chi connectivity index (χ4n) is 3.39. The molecule has 3 heterocycles. The van der Waals surface area contributed by atoms with Gasteiger partial charge in [0, 0.05) is 36.8 Å². The Labute approximate surface area is 160 Å². The third-order valence-corrected chi connectivity index (χ3v) is 5.09. The van der Waals surface area contributed by atoms with Crippen LogP contribution in [0.3, 0.4) is 0 Å². The molecule has 28 heavy (non-hydrogen) atoms. The van der Waals surface area contributed by atoms with E-state index in [9.17, 15) is 9.59 Å². The average molecular weight is 380 g/mol. The van der Waals surface area contributed by atoms with Crippen LogP contribution in [-0.2, 0) is 11.2 Å². The molecule has 2 amide bonds. The van der Waals surface area contributed by atoms with Crippen LogP contribution in [0.1, 0.15) is 33.6 Å². The number of carbonyl (C=O) groups excluding carboxylic acids is 2. The van der Waals surface area contributed by atoms with Gasteiger partial charge in [0.05, 0.1) is 5.69 Å². The lowest BCUT2D eigenvalue weighted by atomic mass is 10.0. The minimum absolute atomic E-state index is 0.0545. The number of hydrogen-bond donors (Lipinski definition) is 2. The summed E-state index contributed by atoms with van der Waals surface area (Å²) in [5.74, 6) is -0.311. The zero-order valence-electron chi connectivity index (χ0n) is 15.6. The Morgan fingerprint density at radius 1 is 1.32 bits per heavy atom. The first-order valence-corrected chi connectivity index (χ1v) is 8.96. The molecule has 1 aromatic carbocycles. The van der Waals surface area contributed by atoms with Crippen molar-refractivity contribution < 1.29 is 14.2 Å². The smallest absolute Gasteiger partial charge is 0.251 e. The van der Waals surface area contributed by atoms with Gasteiger partial charge in [0.15, 0.2) is 5.52 Å². The van der Waals surface area contributed by atoms with Gasteiger partial charge in [0.2, 0.25) is 11.6 Å². The van der Waals surface area contributed by atoms with Crippen molar-refractivity contribution in [1.29, 1.82) is 0 Å². The molecule has 0 bridgehead atoms. The molecular weight excluding hydrogens is 360 g/mol. The standard InChI is InChI=1S/C19H20N6O3/c1-10-13(15(20)16-17(21-10)24-28-23-16)9-11-3-5-12(6-4-11)18(26)22-14-7-8-25(2)19(14)27/h3-6,14H,7-9,20H2,1-2H3,(H,22,26). The van der Waals surface area contributed by atoms with Gasteiger partial charge in [-0.2, -0.15) is 0 Å². The zero-order valence-corrected chi connectivity index (χ0v) is 15.6. The number of pyridine rings is 1. The van der Waals surface area contributed by atoms with Crippen molar-refractivity contribution in [3.63, 3.8) is 0 Å². The lowest BCUT2D eigenvalue weighted by molar-refractivity contribution is -0.128. The van der Waals surface area contributed by atoms with E-state index in [-0.39, 0.29) is 11.8 Å². The van der Waals surface area contributed by atoms with Crippen molar-refractivity contribution in [2.75, 3.05) is 19.3 Å². The second-order valence-corrected chi connectivity index (χ2v) is 6.97. The number of aryl methyl sites for hydroxylation is 1. The molecule has 1 fully saturated rings. The van der Waals surface area contributed by atoms with Crippen LogP contribution in [0.2, 0.25) is 0 Å². The van der Waals surface area contributed by atoms with E-state index in [4.69, 9.17) is 10.4 Å². The number of likely N-dealkylation sites (N-methyl/N-ethyl adjacent to an activating group) is 1. The third kappa shape index (κ3) is 3.15. The number of likely N-dealkylation sites (tertiary alicyclic amines) is 1. The molecule has 1 saturated heterocycles. The molecule has 9 nitrogen and oxygen atoms in total. The summed E-state index contributed by atoms with van der Waals surface area (Å²) >= 11 is 0. The Hall–Kier alpha value is -3.49. The Balaban J connectivity index is 1.49. The van der Waals surface area contributed by atoms with E-state index in [0.717, 1.165) is 16.8 Å². The van der Waals surface area contributed by atoms with Gasteiger partial charge in [0.1, 0.15) is 6.04 Å². The monoisotopic (exact) mass is 380 g/mol. The van der Waals surface area contributed by atoms with E-state index >= 15 is 0 Å². The molecule has 3 N–H and O–H groups in total. The molecular formula is C19H20N6O3. The van der Waals surface area contributed by atoms with Gasteiger partial charge in [-0.25, -0.2) is 9.61 Å². The van der Waals surface area contributed by atoms with Gasteiger partial charge in [-0.05, 0) is 41.4 Å². The molecule has 1 unspecified atom stereocenters. The second kappa shape index (κ2) is 6.91. The van der Waals surface area contributed by atoms with E-state index in [0.29, 0.717) is 41.8 Å². The number of carbonyl (C=O) groups is 2. The number of fused-ring (bicyclic) bond motifs is 1. The fraction of sp³-hybridized carbons (Fsp3) is 0.316. The van der Waals surface area contributed by atoms with Crippen molar-refractivity contribution in [2.24, 2.45) is 0 Å². The maximum absolute atomic E-state index is 12.4. The first-order valence-electron chi connectivity index (χ1n) is 8.96. The second-order valence-electron chi connectivity index (χ2n) is 6.97. The lowest BCUT2D eigenvalue weighted by Gasteiger charge is -2.13. The summed E-state index contributed by atoms with van der Waals surface area (Å²) in [7, 11) is 1.73. The molecule has 1 aliphatic heterocycles. The molecule has 0 spiro atoms. The molecule has 1 aliphatic rings. The number of rotatable bonds is 4. The number of anilines is 1. The number of hydrogen-bond acceptors (Lipinski definition) is 7. The zero-order chi connectivity index (χ0) is 19.8. The Morgan fingerprint density at radius 2 is 2.07 bits per heavy atom. The molecule has 0 radical (unpaired) electrons. The van der Waals surface area contributed by atoms with Gasteiger partial charge in [-0.15, -0.1) is 0 Å².